The van der Waals surface area contributed by atoms with E-state index < -0.39 is 24.0 Å². The molecule has 0 aliphatic carbocycles. The molecule has 0 saturated carbocycles. The maximum atomic E-state index is 11.8. The number of phenolic OH excluding ortho intramolecular Hbond substituents is 1. The number of carbonyl (C=O) groups is 2. The summed E-state index contributed by atoms with van der Waals surface area (Å²) in [6.45, 7) is 2.90. The fourth-order valence-corrected chi connectivity index (χ4v) is 1.51. The van der Waals surface area contributed by atoms with Crippen LogP contribution in [0.3, 0.4) is 0 Å². The molecule has 4 N–H and O–H groups in total. The van der Waals surface area contributed by atoms with E-state index in [1.54, 1.807) is 6.92 Å². The van der Waals surface area contributed by atoms with Gasteiger partial charge in [-0.25, -0.2) is 4.79 Å². The number of benzene rings is 1. The van der Waals surface area contributed by atoms with Gasteiger partial charge in [0.2, 0.25) is 0 Å². The Kier molecular flexibility index (Phi) is 4.28. The number of aliphatic carboxylic acids is 1. The fourth-order valence-electron chi connectivity index (χ4n) is 1.51. The highest BCUT2D eigenvalue weighted by Gasteiger charge is 2.25. The first-order chi connectivity index (χ1) is 8.32. The van der Waals surface area contributed by atoms with Gasteiger partial charge in [-0.05, 0) is 37.6 Å². The highest BCUT2D eigenvalue weighted by atomic mass is 16.4. The Hall–Kier alpha value is -2.08. The number of phenols is 1. The zero-order valence-corrected chi connectivity index (χ0v) is 10.0. The molecule has 0 unspecified atom stereocenters. The van der Waals surface area contributed by atoms with E-state index in [0.717, 1.165) is 0 Å². The fraction of sp³-hybridized carbons (Fsp3) is 0.333. The molecule has 0 aromatic heterocycles. The average molecular weight is 253 g/mol. The standard InChI is InChI=1S/C12H15NO5/c1-6-5-8(15)3-4-9(6)11(16)13-10(7(2)14)12(17)18/h3-5,7,10,14-15H,1-2H3,(H,13,16)(H,17,18)/t7-,10+/m1/s1. The predicted octanol–water partition coefficient (Wildman–Crippen LogP) is 0.264. The lowest BCUT2D eigenvalue weighted by Crippen LogP contribution is -2.47. The Balaban J connectivity index is 2.91. The van der Waals surface area contributed by atoms with Crippen LogP contribution in [0.5, 0.6) is 5.75 Å². The topological polar surface area (TPSA) is 107 Å². The van der Waals surface area contributed by atoms with Crippen molar-refractivity contribution in [2.24, 2.45) is 0 Å². The molecule has 0 spiro atoms. The van der Waals surface area contributed by atoms with Gasteiger partial charge in [-0.3, -0.25) is 4.79 Å². The molecular formula is C12H15NO5. The number of rotatable bonds is 4. The van der Waals surface area contributed by atoms with Gasteiger partial charge in [-0.15, -0.1) is 0 Å². The lowest BCUT2D eigenvalue weighted by atomic mass is 10.1. The summed E-state index contributed by atoms with van der Waals surface area (Å²) in [7, 11) is 0. The molecule has 0 bridgehead atoms. The number of hydrogen-bond donors (Lipinski definition) is 4. The summed E-state index contributed by atoms with van der Waals surface area (Å²) in [6.07, 6.45) is -1.20. The van der Waals surface area contributed by atoms with E-state index >= 15 is 0 Å². The number of aliphatic hydroxyl groups is 1. The third-order valence-electron chi connectivity index (χ3n) is 2.49. The Morgan fingerprint density at radius 2 is 1.94 bits per heavy atom. The monoisotopic (exact) mass is 253 g/mol. The maximum absolute atomic E-state index is 11.8. The van der Waals surface area contributed by atoms with Gasteiger partial charge in [-0.2, -0.15) is 0 Å². The van der Waals surface area contributed by atoms with E-state index in [-0.39, 0.29) is 11.3 Å². The number of carboxylic acids is 1. The van der Waals surface area contributed by atoms with Crippen LogP contribution >= 0.6 is 0 Å². The first kappa shape index (κ1) is 14.0. The van der Waals surface area contributed by atoms with Crippen molar-refractivity contribution in [1.29, 1.82) is 0 Å². The van der Waals surface area contributed by atoms with Crippen LogP contribution in [0.4, 0.5) is 0 Å². The van der Waals surface area contributed by atoms with Gasteiger partial charge in [0.15, 0.2) is 6.04 Å². The molecule has 0 radical (unpaired) electrons. The van der Waals surface area contributed by atoms with E-state index in [2.05, 4.69) is 5.32 Å². The molecule has 1 aromatic carbocycles. The maximum Gasteiger partial charge on any atom is 0.328 e. The second-order valence-electron chi connectivity index (χ2n) is 4.03. The van der Waals surface area contributed by atoms with Gasteiger partial charge < -0.3 is 20.6 Å². The van der Waals surface area contributed by atoms with Crippen molar-refractivity contribution in [3.8, 4) is 5.75 Å². The van der Waals surface area contributed by atoms with Crippen LogP contribution in [-0.4, -0.2) is 39.3 Å². The number of amides is 1. The molecule has 0 saturated heterocycles. The summed E-state index contributed by atoms with van der Waals surface area (Å²) in [4.78, 5) is 22.7. The Morgan fingerprint density at radius 3 is 2.39 bits per heavy atom. The first-order valence-electron chi connectivity index (χ1n) is 5.34. The number of nitrogens with one attached hydrogen (secondary N) is 1. The average Bonchev–Trinajstić information content (AvgIpc) is 2.24. The molecule has 1 rings (SSSR count). The summed E-state index contributed by atoms with van der Waals surface area (Å²) in [5, 5.41) is 29.5. The first-order valence-corrected chi connectivity index (χ1v) is 5.34. The normalized spacial score (nSPS) is 13.7. The summed E-state index contributed by atoms with van der Waals surface area (Å²) < 4.78 is 0. The van der Waals surface area contributed by atoms with Crippen LogP contribution in [0.2, 0.25) is 0 Å². The van der Waals surface area contributed by atoms with Crippen molar-refractivity contribution in [3.05, 3.63) is 29.3 Å². The molecule has 18 heavy (non-hydrogen) atoms. The van der Waals surface area contributed by atoms with E-state index in [4.69, 9.17) is 5.11 Å². The molecular weight excluding hydrogens is 238 g/mol. The SMILES string of the molecule is Cc1cc(O)ccc1C(=O)N[C@H](C(=O)O)[C@@H](C)O. The quantitative estimate of drug-likeness (QED) is 0.616. The molecule has 0 aliphatic heterocycles. The summed E-state index contributed by atoms with van der Waals surface area (Å²) in [5.74, 6) is -1.90. The Labute approximate surface area is 104 Å². The zero-order valence-electron chi connectivity index (χ0n) is 10.0. The van der Waals surface area contributed by atoms with Crippen LogP contribution in [0.1, 0.15) is 22.8 Å². The van der Waals surface area contributed by atoms with Crippen LogP contribution in [-0.2, 0) is 4.79 Å². The largest absolute Gasteiger partial charge is 0.508 e. The van der Waals surface area contributed by atoms with E-state index in [0.29, 0.717) is 5.56 Å². The summed E-state index contributed by atoms with van der Waals surface area (Å²) >= 11 is 0. The molecule has 0 fully saturated rings. The predicted molar refractivity (Wildman–Crippen MR) is 63.4 cm³/mol. The number of aromatic hydroxyl groups is 1. The smallest absolute Gasteiger partial charge is 0.328 e. The second kappa shape index (κ2) is 5.50. The highest BCUT2D eigenvalue weighted by molar-refractivity contribution is 5.98. The van der Waals surface area contributed by atoms with Gasteiger partial charge >= 0.3 is 5.97 Å². The third kappa shape index (κ3) is 3.21. The van der Waals surface area contributed by atoms with Crippen LogP contribution in [0.25, 0.3) is 0 Å². The minimum Gasteiger partial charge on any atom is -0.508 e. The van der Waals surface area contributed by atoms with Crippen molar-refractivity contribution < 1.29 is 24.9 Å². The van der Waals surface area contributed by atoms with Gasteiger partial charge in [0.1, 0.15) is 5.75 Å². The van der Waals surface area contributed by atoms with Crippen molar-refractivity contribution >= 4 is 11.9 Å². The minimum atomic E-state index is -1.37. The van der Waals surface area contributed by atoms with Gasteiger partial charge in [0.05, 0.1) is 6.10 Å². The Bertz CT molecular complexity index is 470. The highest BCUT2D eigenvalue weighted by Crippen LogP contribution is 2.15. The number of carbonyl (C=O) groups excluding carboxylic acids is 1. The lowest BCUT2D eigenvalue weighted by Gasteiger charge is -2.17. The van der Waals surface area contributed by atoms with Crippen molar-refractivity contribution in [3.63, 3.8) is 0 Å². The van der Waals surface area contributed by atoms with E-state index in [1.165, 1.54) is 25.1 Å². The van der Waals surface area contributed by atoms with Crippen LogP contribution in [0, 0.1) is 6.92 Å². The zero-order chi connectivity index (χ0) is 13.9. The van der Waals surface area contributed by atoms with Crippen molar-refractivity contribution in [2.75, 3.05) is 0 Å². The number of hydrogen-bond acceptors (Lipinski definition) is 4. The molecule has 1 aromatic rings. The molecule has 6 heteroatoms. The second-order valence-corrected chi connectivity index (χ2v) is 4.03. The lowest BCUT2D eigenvalue weighted by molar-refractivity contribution is -0.141. The van der Waals surface area contributed by atoms with Crippen LogP contribution in [0.15, 0.2) is 18.2 Å². The van der Waals surface area contributed by atoms with E-state index in [9.17, 15) is 19.8 Å². The summed E-state index contributed by atoms with van der Waals surface area (Å²) in [5.41, 5.74) is 0.766. The van der Waals surface area contributed by atoms with E-state index in [1.807, 2.05) is 0 Å². The molecule has 0 heterocycles. The van der Waals surface area contributed by atoms with Gasteiger partial charge in [0.25, 0.3) is 5.91 Å². The number of aliphatic hydroxyl groups excluding tert-OH is 1. The van der Waals surface area contributed by atoms with Crippen molar-refractivity contribution in [2.45, 2.75) is 26.0 Å². The molecule has 1 amide bonds. The molecule has 6 nitrogen and oxygen atoms in total. The molecule has 0 aliphatic rings. The van der Waals surface area contributed by atoms with Crippen LogP contribution < -0.4 is 5.32 Å². The van der Waals surface area contributed by atoms with Gasteiger partial charge in [0, 0.05) is 5.56 Å². The third-order valence-corrected chi connectivity index (χ3v) is 2.49. The summed E-state index contributed by atoms with van der Waals surface area (Å²) in [6, 6.07) is 2.75. The Morgan fingerprint density at radius 1 is 1.33 bits per heavy atom. The van der Waals surface area contributed by atoms with Gasteiger partial charge in [-0.1, -0.05) is 0 Å². The molecule has 98 valence electrons. The number of carboxylic acid groups (broad SMARTS) is 1. The minimum absolute atomic E-state index is 0.0226. The van der Waals surface area contributed by atoms with Crippen molar-refractivity contribution in [1.82, 2.24) is 5.32 Å². The molecule has 2 atom stereocenters. The number of aryl methyl sites for hydroxylation is 1.